The Kier molecular flexibility index (Phi) is 6.06. The minimum atomic E-state index is 0.750. The van der Waals surface area contributed by atoms with Crippen molar-refractivity contribution in [1.82, 2.24) is 14.7 Å². The number of likely N-dealkylation sites (N-methyl/N-ethyl adjacent to an activating group) is 1. The SMILES string of the molecule is CN1CCN(C2CCN(Cc3ccc(SC4CCCCC4)o3)C2)CC1. The van der Waals surface area contributed by atoms with Crippen LogP contribution < -0.4 is 0 Å². The Morgan fingerprint density at radius 2 is 1.80 bits per heavy atom. The van der Waals surface area contributed by atoms with Gasteiger partial charge in [-0.1, -0.05) is 31.0 Å². The molecule has 3 heterocycles. The van der Waals surface area contributed by atoms with Crippen molar-refractivity contribution in [2.45, 2.75) is 61.5 Å². The van der Waals surface area contributed by atoms with E-state index in [1.165, 1.54) is 77.8 Å². The molecule has 3 aliphatic rings. The smallest absolute Gasteiger partial charge is 0.160 e. The van der Waals surface area contributed by atoms with Gasteiger partial charge in [-0.15, -0.1) is 0 Å². The van der Waals surface area contributed by atoms with E-state index in [4.69, 9.17) is 4.42 Å². The van der Waals surface area contributed by atoms with Crippen molar-refractivity contribution in [3.05, 3.63) is 17.9 Å². The maximum atomic E-state index is 6.14. The highest BCUT2D eigenvalue weighted by Crippen LogP contribution is 2.34. The lowest BCUT2D eigenvalue weighted by atomic mass is 10.0. The van der Waals surface area contributed by atoms with E-state index >= 15 is 0 Å². The van der Waals surface area contributed by atoms with Gasteiger partial charge in [0.25, 0.3) is 0 Å². The molecular formula is C20H33N3OS. The number of thioether (sulfide) groups is 1. The Morgan fingerprint density at radius 3 is 2.60 bits per heavy atom. The number of rotatable bonds is 5. The second-order valence-electron chi connectivity index (χ2n) is 8.12. The molecule has 0 aromatic carbocycles. The third kappa shape index (κ3) is 4.82. The van der Waals surface area contributed by atoms with Gasteiger partial charge >= 0.3 is 0 Å². The summed E-state index contributed by atoms with van der Waals surface area (Å²) in [7, 11) is 2.23. The van der Waals surface area contributed by atoms with Gasteiger partial charge < -0.3 is 9.32 Å². The lowest BCUT2D eigenvalue weighted by Gasteiger charge is -2.36. The number of hydrogen-bond donors (Lipinski definition) is 0. The first-order chi connectivity index (χ1) is 12.3. The summed E-state index contributed by atoms with van der Waals surface area (Å²) in [5.41, 5.74) is 0. The molecule has 1 saturated carbocycles. The predicted octanol–water partition coefficient (Wildman–Crippen LogP) is 3.53. The molecule has 2 aliphatic heterocycles. The fourth-order valence-corrected chi connectivity index (χ4v) is 5.71. The van der Waals surface area contributed by atoms with Crippen LogP contribution in [0.15, 0.2) is 21.6 Å². The zero-order valence-corrected chi connectivity index (χ0v) is 16.5. The first-order valence-electron chi connectivity index (χ1n) is 10.2. The molecule has 4 rings (SSSR count). The van der Waals surface area contributed by atoms with E-state index in [9.17, 15) is 0 Å². The van der Waals surface area contributed by atoms with E-state index in [2.05, 4.69) is 33.9 Å². The Bertz CT molecular complexity index is 535. The number of likely N-dealkylation sites (tertiary alicyclic amines) is 1. The van der Waals surface area contributed by atoms with Crippen LogP contribution >= 0.6 is 11.8 Å². The average Bonchev–Trinajstić information content (AvgIpc) is 3.27. The van der Waals surface area contributed by atoms with Crippen LogP contribution in [0.4, 0.5) is 0 Å². The first-order valence-corrected chi connectivity index (χ1v) is 11.0. The van der Waals surface area contributed by atoms with Gasteiger partial charge in [-0.05, 0) is 38.4 Å². The van der Waals surface area contributed by atoms with Gasteiger partial charge in [0.1, 0.15) is 5.76 Å². The molecule has 1 aliphatic carbocycles. The maximum absolute atomic E-state index is 6.14. The molecule has 25 heavy (non-hydrogen) atoms. The van der Waals surface area contributed by atoms with Crippen LogP contribution in [0.1, 0.15) is 44.3 Å². The molecule has 0 amide bonds. The highest BCUT2D eigenvalue weighted by molar-refractivity contribution is 7.99. The summed E-state index contributed by atoms with van der Waals surface area (Å²) in [6, 6.07) is 5.15. The molecule has 1 atom stereocenters. The topological polar surface area (TPSA) is 22.9 Å². The maximum Gasteiger partial charge on any atom is 0.160 e. The van der Waals surface area contributed by atoms with Gasteiger partial charge in [-0.2, -0.15) is 0 Å². The lowest BCUT2D eigenvalue weighted by molar-refractivity contribution is 0.112. The lowest BCUT2D eigenvalue weighted by Crippen LogP contribution is -2.49. The molecule has 140 valence electrons. The van der Waals surface area contributed by atoms with Crippen LogP contribution in [0, 0.1) is 0 Å². The van der Waals surface area contributed by atoms with Crippen LogP contribution in [-0.4, -0.2) is 72.3 Å². The summed E-state index contributed by atoms with van der Waals surface area (Å²) in [6.45, 7) is 8.30. The predicted molar refractivity (Wildman–Crippen MR) is 104 cm³/mol. The van der Waals surface area contributed by atoms with Crippen LogP contribution in [0.2, 0.25) is 0 Å². The van der Waals surface area contributed by atoms with Crippen molar-refractivity contribution in [2.24, 2.45) is 0 Å². The summed E-state index contributed by atoms with van der Waals surface area (Å²) in [6.07, 6.45) is 8.25. The fourth-order valence-electron chi connectivity index (χ4n) is 4.52. The summed E-state index contributed by atoms with van der Waals surface area (Å²) in [5.74, 6) is 1.15. The average molecular weight is 364 g/mol. The van der Waals surface area contributed by atoms with E-state index in [-0.39, 0.29) is 0 Å². The van der Waals surface area contributed by atoms with Crippen molar-refractivity contribution in [3.63, 3.8) is 0 Å². The van der Waals surface area contributed by atoms with E-state index in [1.807, 2.05) is 11.8 Å². The number of nitrogens with zero attached hydrogens (tertiary/aromatic N) is 3. The summed E-state index contributed by atoms with van der Waals surface area (Å²) in [4.78, 5) is 7.72. The molecule has 1 aromatic rings. The molecule has 0 bridgehead atoms. The van der Waals surface area contributed by atoms with Gasteiger partial charge in [-0.25, -0.2) is 0 Å². The van der Waals surface area contributed by atoms with E-state index in [0.29, 0.717) is 0 Å². The Hall–Kier alpha value is -0.490. The van der Waals surface area contributed by atoms with Crippen LogP contribution in [0.25, 0.3) is 0 Å². The van der Waals surface area contributed by atoms with Crippen molar-refractivity contribution < 1.29 is 4.42 Å². The summed E-state index contributed by atoms with van der Waals surface area (Å²) >= 11 is 1.97. The van der Waals surface area contributed by atoms with Gasteiger partial charge in [0.15, 0.2) is 5.09 Å². The largest absolute Gasteiger partial charge is 0.454 e. The van der Waals surface area contributed by atoms with Gasteiger partial charge in [0.2, 0.25) is 0 Å². The number of furan rings is 1. The van der Waals surface area contributed by atoms with Crippen molar-refractivity contribution in [2.75, 3.05) is 46.3 Å². The quantitative estimate of drug-likeness (QED) is 0.796. The molecule has 1 aromatic heterocycles. The second-order valence-corrected chi connectivity index (χ2v) is 9.42. The van der Waals surface area contributed by atoms with Crippen molar-refractivity contribution in [1.29, 1.82) is 0 Å². The molecular weight excluding hydrogens is 330 g/mol. The standard InChI is InChI=1S/C20H33N3OS/c1-21-11-13-23(14-12-21)17-9-10-22(15-17)16-18-7-8-20(24-18)25-19-5-3-2-4-6-19/h7-8,17,19H,2-6,9-16H2,1H3. The highest BCUT2D eigenvalue weighted by atomic mass is 32.2. The van der Waals surface area contributed by atoms with Crippen LogP contribution in [0.3, 0.4) is 0 Å². The van der Waals surface area contributed by atoms with Gasteiger partial charge in [0.05, 0.1) is 6.54 Å². The van der Waals surface area contributed by atoms with Crippen molar-refractivity contribution in [3.8, 4) is 0 Å². The molecule has 3 fully saturated rings. The molecule has 4 nitrogen and oxygen atoms in total. The molecule has 0 spiro atoms. The second kappa shape index (κ2) is 8.47. The zero-order chi connectivity index (χ0) is 17.1. The Balaban J connectivity index is 1.24. The Labute approximate surface area is 156 Å². The molecule has 5 heteroatoms. The number of hydrogen-bond acceptors (Lipinski definition) is 5. The van der Waals surface area contributed by atoms with Gasteiger partial charge in [-0.3, -0.25) is 9.80 Å². The Morgan fingerprint density at radius 1 is 1.00 bits per heavy atom. The number of piperazine rings is 1. The zero-order valence-electron chi connectivity index (χ0n) is 15.7. The third-order valence-corrected chi connectivity index (χ3v) is 7.41. The first kappa shape index (κ1) is 17.9. The van der Waals surface area contributed by atoms with E-state index in [1.54, 1.807) is 0 Å². The monoisotopic (exact) mass is 363 g/mol. The van der Waals surface area contributed by atoms with E-state index in [0.717, 1.165) is 28.7 Å². The third-order valence-electron chi connectivity index (χ3n) is 6.15. The normalized spacial score (nSPS) is 28.0. The molecule has 0 radical (unpaired) electrons. The minimum absolute atomic E-state index is 0.750. The van der Waals surface area contributed by atoms with E-state index < -0.39 is 0 Å². The van der Waals surface area contributed by atoms with Gasteiger partial charge in [0, 0.05) is 50.6 Å². The minimum Gasteiger partial charge on any atom is -0.454 e. The fraction of sp³-hybridized carbons (Fsp3) is 0.800. The summed E-state index contributed by atoms with van der Waals surface area (Å²) < 4.78 is 6.14. The summed E-state index contributed by atoms with van der Waals surface area (Å²) in [5, 5.41) is 1.91. The van der Waals surface area contributed by atoms with Crippen LogP contribution in [0.5, 0.6) is 0 Å². The molecule has 2 saturated heterocycles. The molecule has 0 N–H and O–H groups in total. The van der Waals surface area contributed by atoms with Crippen molar-refractivity contribution >= 4 is 11.8 Å². The highest BCUT2D eigenvalue weighted by Gasteiger charge is 2.29. The van der Waals surface area contributed by atoms with Crippen LogP contribution in [-0.2, 0) is 6.54 Å². The molecule has 1 unspecified atom stereocenters.